The van der Waals surface area contributed by atoms with Crippen molar-refractivity contribution in [2.45, 2.75) is 13.0 Å². The van der Waals surface area contributed by atoms with Crippen molar-refractivity contribution in [3.05, 3.63) is 30.3 Å². The molecule has 1 atom stereocenters. The lowest BCUT2D eigenvalue weighted by molar-refractivity contribution is 0.174. The van der Waals surface area contributed by atoms with Gasteiger partial charge in [-0.05, 0) is 25.1 Å². The minimum Gasteiger partial charge on any atom is -0.454 e. The van der Waals surface area contributed by atoms with E-state index in [1.807, 2.05) is 25.1 Å². The highest BCUT2D eigenvalue weighted by Gasteiger charge is 2.16. The van der Waals surface area contributed by atoms with Gasteiger partial charge in [-0.3, -0.25) is 0 Å². The third-order valence-electron chi connectivity index (χ3n) is 2.57. The predicted molar refractivity (Wildman–Crippen MR) is 60.7 cm³/mol. The van der Waals surface area contributed by atoms with Crippen LogP contribution >= 0.6 is 0 Å². The number of nitrogens with zero attached hydrogens (tertiary/aromatic N) is 1. The molecule has 1 aromatic carbocycles. The summed E-state index contributed by atoms with van der Waals surface area (Å²) in [5.74, 6) is 2.68. The molecule has 17 heavy (non-hydrogen) atoms. The second kappa shape index (κ2) is 3.78. The number of hydrogen-bond acceptors (Lipinski definition) is 5. The molecule has 88 valence electrons. The van der Waals surface area contributed by atoms with Crippen LogP contribution < -0.4 is 15.2 Å². The number of rotatable bonds is 2. The van der Waals surface area contributed by atoms with Crippen LogP contribution in [0.3, 0.4) is 0 Å². The quantitative estimate of drug-likeness (QED) is 0.858. The van der Waals surface area contributed by atoms with Gasteiger partial charge in [0.15, 0.2) is 17.3 Å². The van der Waals surface area contributed by atoms with Crippen LogP contribution in [-0.2, 0) is 0 Å². The Morgan fingerprint density at radius 1 is 1.29 bits per heavy atom. The summed E-state index contributed by atoms with van der Waals surface area (Å²) in [7, 11) is 0. The van der Waals surface area contributed by atoms with E-state index in [9.17, 15) is 0 Å². The van der Waals surface area contributed by atoms with Gasteiger partial charge >= 0.3 is 0 Å². The van der Waals surface area contributed by atoms with Gasteiger partial charge in [0.1, 0.15) is 0 Å². The number of hydrogen-bond donors (Lipinski definition) is 1. The number of nitrogens with two attached hydrogens (primary N) is 1. The molecule has 1 aliphatic rings. The van der Waals surface area contributed by atoms with Crippen molar-refractivity contribution in [3.63, 3.8) is 0 Å². The Bertz CT molecular complexity index is 548. The zero-order valence-corrected chi connectivity index (χ0v) is 9.34. The Balaban J connectivity index is 1.97. The van der Waals surface area contributed by atoms with E-state index in [1.54, 1.807) is 6.20 Å². The van der Waals surface area contributed by atoms with Crippen molar-refractivity contribution < 1.29 is 13.9 Å². The minimum absolute atomic E-state index is 0.210. The highest BCUT2D eigenvalue weighted by molar-refractivity contribution is 5.62. The summed E-state index contributed by atoms with van der Waals surface area (Å²) >= 11 is 0. The second-order valence-corrected chi connectivity index (χ2v) is 3.92. The molecule has 0 amide bonds. The van der Waals surface area contributed by atoms with Crippen LogP contribution in [0.1, 0.15) is 18.9 Å². The summed E-state index contributed by atoms with van der Waals surface area (Å²) in [6, 6.07) is 5.41. The van der Waals surface area contributed by atoms with E-state index in [0.29, 0.717) is 11.7 Å². The smallest absolute Gasteiger partial charge is 0.231 e. The van der Waals surface area contributed by atoms with Gasteiger partial charge in [-0.2, -0.15) is 0 Å². The zero-order valence-electron chi connectivity index (χ0n) is 9.34. The number of benzene rings is 1. The monoisotopic (exact) mass is 232 g/mol. The molecule has 1 aromatic heterocycles. The molecule has 2 N–H and O–H groups in total. The predicted octanol–water partition coefficient (Wildman–Crippen LogP) is 2.09. The van der Waals surface area contributed by atoms with Crippen molar-refractivity contribution in [2.24, 2.45) is 5.73 Å². The van der Waals surface area contributed by atoms with Gasteiger partial charge in [-0.15, -0.1) is 0 Å². The maximum absolute atomic E-state index is 5.69. The second-order valence-electron chi connectivity index (χ2n) is 3.92. The fourth-order valence-electron chi connectivity index (χ4n) is 1.68. The Hall–Kier alpha value is -2.01. The van der Waals surface area contributed by atoms with E-state index in [1.165, 1.54) is 0 Å². The maximum atomic E-state index is 5.69. The molecule has 0 aliphatic carbocycles. The van der Waals surface area contributed by atoms with Crippen LogP contribution in [0.2, 0.25) is 0 Å². The number of fused-ring (bicyclic) bond motifs is 1. The van der Waals surface area contributed by atoms with Crippen molar-refractivity contribution in [2.75, 3.05) is 6.79 Å². The Kier molecular flexibility index (Phi) is 2.26. The molecule has 1 aliphatic heterocycles. The molecule has 5 heteroatoms. The maximum Gasteiger partial charge on any atom is 0.231 e. The van der Waals surface area contributed by atoms with E-state index >= 15 is 0 Å². The minimum atomic E-state index is -0.210. The summed E-state index contributed by atoms with van der Waals surface area (Å²) in [5, 5.41) is 0. The fourth-order valence-corrected chi connectivity index (χ4v) is 1.68. The molecule has 2 aromatic rings. The van der Waals surface area contributed by atoms with Crippen LogP contribution in [0.15, 0.2) is 28.8 Å². The fraction of sp³-hybridized carbons (Fsp3) is 0.250. The summed E-state index contributed by atoms with van der Waals surface area (Å²) in [5.41, 5.74) is 6.59. The van der Waals surface area contributed by atoms with E-state index in [-0.39, 0.29) is 12.8 Å². The average Bonchev–Trinajstić information content (AvgIpc) is 2.97. The summed E-state index contributed by atoms with van der Waals surface area (Å²) in [6.45, 7) is 2.09. The van der Waals surface area contributed by atoms with E-state index < -0.39 is 0 Å². The first-order chi connectivity index (χ1) is 8.24. The first-order valence-corrected chi connectivity index (χ1v) is 5.35. The van der Waals surface area contributed by atoms with Gasteiger partial charge in [0, 0.05) is 5.56 Å². The van der Waals surface area contributed by atoms with Crippen LogP contribution in [0.5, 0.6) is 11.5 Å². The standard InChI is InChI=1S/C12H12N2O3/c1-7(13)12-14-5-11(17-12)8-2-3-9-10(4-8)16-6-15-9/h2-5,7H,6,13H2,1H3. The highest BCUT2D eigenvalue weighted by atomic mass is 16.7. The first kappa shape index (κ1) is 10.2. The molecule has 0 fully saturated rings. The topological polar surface area (TPSA) is 70.5 Å². The van der Waals surface area contributed by atoms with E-state index in [4.69, 9.17) is 19.6 Å². The lowest BCUT2D eigenvalue weighted by Gasteiger charge is -2.00. The van der Waals surface area contributed by atoms with E-state index in [0.717, 1.165) is 17.1 Å². The molecular weight excluding hydrogens is 220 g/mol. The van der Waals surface area contributed by atoms with Crippen molar-refractivity contribution >= 4 is 0 Å². The van der Waals surface area contributed by atoms with Gasteiger partial charge in [0.2, 0.25) is 12.7 Å². The lowest BCUT2D eigenvalue weighted by atomic mass is 10.1. The molecule has 0 saturated heterocycles. The molecule has 0 radical (unpaired) electrons. The van der Waals surface area contributed by atoms with Gasteiger partial charge in [0.25, 0.3) is 0 Å². The first-order valence-electron chi connectivity index (χ1n) is 5.35. The van der Waals surface area contributed by atoms with Gasteiger partial charge < -0.3 is 19.6 Å². The Morgan fingerprint density at radius 2 is 2.12 bits per heavy atom. The number of oxazole rings is 1. The Morgan fingerprint density at radius 3 is 2.88 bits per heavy atom. The van der Waals surface area contributed by atoms with Crippen LogP contribution in [0.25, 0.3) is 11.3 Å². The van der Waals surface area contributed by atoms with Gasteiger partial charge in [-0.1, -0.05) is 0 Å². The van der Waals surface area contributed by atoms with E-state index in [2.05, 4.69) is 4.98 Å². The molecule has 0 saturated carbocycles. The summed E-state index contributed by atoms with van der Waals surface area (Å²) in [4.78, 5) is 4.12. The lowest BCUT2D eigenvalue weighted by Crippen LogP contribution is -2.04. The largest absolute Gasteiger partial charge is 0.454 e. The van der Waals surface area contributed by atoms with Crippen LogP contribution in [0, 0.1) is 0 Å². The number of ether oxygens (including phenoxy) is 2. The van der Waals surface area contributed by atoms with Crippen molar-refractivity contribution in [1.29, 1.82) is 0 Å². The average molecular weight is 232 g/mol. The van der Waals surface area contributed by atoms with Crippen molar-refractivity contribution in [3.8, 4) is 22.8 Å². The molecule has 5 nitrogen and oxygen atoms in total. The van der Waals surface area contributed by atoms with Crippen LogP contribution in [0.4, 0.5) is 0 Å². The molecule has 1 unspecified atom stereocenters. The molecule has 0 spiro atoms. The molecule has 2 heterocycles. The SMILES string of the molecule is CC(N)c1ncc(-c2ccc3c(c2)OCO3)o1. The molecule has 3 rings (SSSR count). The van der Waals surface area contributed by atoms with Crippen LogP contribution in [-0.4, -0.2) is 11.8 Å². The summed E-state index contributed by atoms with van der Waals surface area (Å²) < 4.78 is 16.1. The van der Waals surface area contributed by atoms with Gasteiger partial charge in [-0.25, -0.2) is 4.98 Å². The van der Waals surface area contributed by atoms with Gasteiger partial charge in [0.05, 0.1) is 12.2 Å². The molecule has 0 bridgehead atoms. The van der Waals surface area contributed by atoms with Crippen molar-refractivity contribution in [1.82, 2.24) is 4.98 Å². The third-order valence-corrected chi connectivity index (χ3v) is 2.57. The zero-order chi connectivity index (χ0) is 11.8. The highest BCUT2D eigenvalue weighted by Crippen LogP contribution is 2.36. The molecular formula is C12H12N2O3. The third kappa shape index (κ3) is 1.74. The summed E-state index contributed by atoms with van der Waals surface area (Å²) in [6.07, 6.45) is 1.66. The Labute approximate surface area is 98.2 Å². The normalized spacial score (nSPS) is 14.9. The number of aromatic nitrogens is 1.